The van der Waals surface area contributed by atoms with Gasteiger partial charge in [0.25, 0.3) is 0 Å². The van der Waals surface area contributed by atoms with Crippen molar-refractivity contribution in [3.05, 3.63) is 12.7 Å². The molecule has 0 spiro atoms. The summed E-state index contributed by atoms with van der Waals surface area (Å²) in [6.45, 7) is 13.4. The number of allylic oxidation sites excluding steroid dienone is 1. The van der Waals surface area contributed by atoms with E-state index in [4.69, 9.17) is 0 Å². The summed E-state index contributed by atoms with van der Waals surface area (Å²) in [5.41, 5.74) is 0.295. The molecule has 2 saturated carbocycles. The summed E-state index contributed by atoms with van der Waals surface area (Å²) in [6, 6.07) is 0. The van der Waals surface area contributed by atoms with Gasteiger partial charge >= 0.3 is 0 Å². The lowest BCUT2D eigenvalue weighted by Crippen LogP contribution is -2.43. The maximum Gasteiger partial charge on any atom is 0.139 e. The summed E-state index contributed by atoms with van der Waals surface area (Å²) in [7, 11) is 0. The number of carbonyl (C=O) groups excluding carboxylic acids is 1. The predicted molar refractivity (Wildman–Crippen MR) is 104 cm³/mol. The fourth-order valence-corrected chi connectivity index (χ4v) is 5.78. The number of Topliss-reactive ketones (excluding diaryl/α,β-unsaturated/α-hetero) is 1. The third-order valence-electron chi connectivity index (χ3n) is 7.28. The fraction of sp³-hybridized carbons (Fsp3) is 0.870. The summed E-state index contributed by atoms with van der Waals surface area (Å²) in [5.74, 6) is 3.69. The minimum Gasteiger partial charge on any atom is -0.299 e. The molecule has 0 aromatic carbocycles. The van der Waals surface area contributed by atoms with Gasteiger partial charge in [-0.2, -0.15) is 0 Å². The molecule has 1 nitrogen and oxygen atoms in total. The van der Waals surface area contributed by atoms with Crippen LogP contribution in [0.4, 0.5) is 0 Å². The zero-order valence-corrected chi connectivity index (χ0v) is 16.7. The molecule has 0 saturated heterocycles. The maximum atomic E-state index is 13.1. The van der Waals surface area contributed by atoms with E-state index in [2.05, 4.69) is 34.3 Å². The Morgan fingerprint density at radius 2 is 1.92 bits per heavy atom. The average molecular weight is 333 g/mol. The third kappa shape index (κ3) is 4.33. The summed E-state index contributed by atoms with van der Waals surface area (Å²) < 4.78 is 0. The molecule has 2 rings (SSSR count). The molecule has 2 aliphatic rings. The summed E-state index contributed by atoms with van der Waals surface area (Å²) in [5, 5.41) is 0. The molecule has 0 N–H and O–H groups in total. The highest BCUT2D eigenvalue weighted by Crippen LogP contribution is 2.58. The minimum atomic E-state index is 0.295. The van der Waals surface area contributed by atoms with Gasteiger partial charge < -0.3 is 0 Å². The second kappa shape index (κ2) is 8.68. The standard InChI is InChI=1S/C23H40O/c1-6-7-8-12-19-15-16-23(5)20(13-14-21(23)22(19)24)18(4)11-9-10-17(2)3/h6,17-21H,1,7-16H2,2-5H3/t18-,19-,20-,21+,23-/m1/s1. The summed E-state index contributed by atoms with van der Waals surface area (Å²) in [4.78, 5) is 13.1. The predicted octanol–water partition coefficient (Wildman–Crippen LogP) is 6.82. The Morgan fingerprint density at radius 3 is 2.58 bits per heavy atom. The van der Waals surface area contributed by atoms with Crippen LogP contribution in [0.15, 0.2) is 12.7 Å². The van der Waals surface area contributed by atoms with Crippen LogP contribution in [0.25, 0.3) is 0 Å². The van der Waals surface area contributed by atoms with E-state index in [1.165, 1.54) is 32.1 Å². The lowest BCUT2D eigenvalue weighted by atomic mass is 9.59. The van der Waals surface area contributed by atoms with Gasteiger partial charge in [-0.05, 0) is 68.1 Å². The smallest absolute Gasteiger partial charge is 0.139 e. The third-order valence-corrected chi connectivity index (χ3v) is 7.28. The highest BCUT2D eigenvalue weighted by Gasteiger charge is 2.54. The van der Waals surface area contributed by atoms with Crippen LogP contribution in [-0.2, 0) is 4.79 Å². The Morgan fingerprint density at radius 1 is 1.17 bits per heavy atom. The number of carbonyl (C=O) groups is 1. The largest absolute Gasteiger partial charge is 0.299 e. The van der Waals surface area contributed by atoms with Crippen LogP contribution in [-0.4, -0.2) is 5.78 Å². The van der Waals surface area contributed by atoms with E-state index in [1.807, 2.05) is 6.08 Å². The van der Waals surface area contributed by atoms with Gasteiger partial charge in [-0.15, -0.1) is 6.58 Å². The first-order valence-electron chi connectivity index (χ1n) is 10.5. The number of fused-ring (bicyclic) bond motifs is 1. The molecule has 1 heteroatoms. The first-order chi connectivity index (χ1) is 11.4. The van der Waals surface area contributed by atoms with Crippen LogP contribution < -0.4 is 0 Å². The van der Waals surface area contributed by atoms with Crippen LogP contribution in [0.3, 0.4) is 0 Å². The molecule has 0 aromatic rings. The molecule has 2 aliphatic carbocycles. The van der Waals surface area contributed by atoms with Crippen LogP contribution in [0, 0.1) is 35.0 Å². The first-order valence-corrected chi connectivity index (χ1v) is 10.5. The van der Waals surface area contributed by atoms with Gasteiger partial charge in [0.15, 0.2) is 0 Å². The summed E-state index contributed by atoms with van der Waals surface area (Å²) >= 11 is 0. The van der Waals surface area contributed by atoms with Gasteiger partial charge in [0.1, 0.15) is 5.78 Å². The van der Waals surface area contributed by atoms with E-state index in [-0.39, 0.29) is 0 Å². The number of unbranched alkanes of at least 4 members (excludes halogenated alkanes) is 1. The van der Waals surface area contributed by atoms with Crippen molar-refractivity contribution in [2.75, 3.05) is 0 Å². The van der Waals surface area contributed by atoms with Gasteiger partial charge in [-0.1, -0.05) is 53.0 Å². The Kier molecular flexibility index (Phi) is 7.13. The molecule has 0 radical (unpaired) electrons. The molecule has 0 amide bonds. The van der Waals surface area contributed by atoms with Crippen molar-refractivity contribution in [3.8, 4) is 0 Å². The second-order valence-corrected chi connectivity index (χ2v) is 9.40. The number of hydrogen-bond donors (Lipinski definition) is 0. The Balaban J connectivity index is 1.93. The zero-order valence-electron chi connectivity index (χ0n) is 16.7. The lowest BCUT2D eigenvalue weighted by Gasteiger charge is -2.44. The van der Waals surface area contributed by atoms with Crippen molar-refractivity contribution < 1.29 is 4.79 Å². The van der Waals surface area contributed by atoms with E-state index in [0.717, 1.165) is 49.9 Å². The molecule has 0 aromatic heterocycles. The van der Waals surface area contributed by atoms with Gasteiger partial charge in [0, 0.05) is 11.8 Å². The highest BCUT2D eigenvalue weighted by molar-refractivity contribution is 5.85. The molecule has 0 bridgehead atoms. The second-order valence-electron chi connectivity index (χ2n) is 9.40. The molecule has 138 valence electrons. The van der Waals surface area contributed by atoms with Crippen molar-refractivity contribution in [1.82, 2.24) is 0 Å². The van der Waals surface area contributed by atoms with Crippen LogP contribution in [0.5, 0.6) is 0 Å². The molecule has 2 fully saturated rings. The highest BCUT2D eigenvalue weighted by atomic mass is 16.1. The van der Waals surface area contributed by atoms with Gasteiger partial charge in [-0.25, -0.2) is 0 Å². The number of hydrogen-bond acceptors (Lipinski definition) is 1. The molecule has 0 unspecified atom stereocenters. The minimum absolute atomic E-state index is 0.295. The topological polar surface area (TPSA) is 17.1 Å². The Bertz CT molecular complexity index is 424. The van der Waals surface area contributed by atoms with Gasteiger partial charge in [-0.3, -0.25) is 4.79 Å². The maximum absolute atomic E-state index is 13.1. The zero-order chi connectivity index (χ0) is 17.7. The van der Waals surface area contributed by atoms with Gasteiger partial charge in [0.2, 0.25) is 0 Å². The normalized spacial score (nSPS) is 34.4. The van der Waals surface area contributed by atoms with Crippen LogP contribution in [0.1, 0.15) is 91.9 Å². The van der Waals surface area contributed by atoms with Crippen molar-refractivity contribution in [2.45, 2.75) is 91.9 Å². The van der Waals surface area contributed by atoms with E-state index in [1.54, 1.807) is 0 Å². The van der Waals surface area contributed by atoms with E-state index >= 15 is 0 Å². The number of ketones is 1. The van der Waals surface area contributed by atoms with E-state index in [9.17, 15) is 4.79 Å². The van der Waals surface area contributed by atoms with Crippen molar-refractivity contribution in [3.63, 3.8) is 0 Å². The lowest BCUT2D eigenvalue weighted by molar-refractivity contribution is -0.135. The molecule has 0 aliphatic heterocycles. The van der Waals surface area contributed by atoms with Crippen molar-refractivity contribution >= 4 is 5.78 Å². The van der Waals surface area contributed by atoms with Crippen molar-refractivity contribution in [2.24, 2.45) is 35.0 Å². The fourth-order valence-electron chi connectivity index (χ4n) is 5.78. The quantitative estimate of drug-likeness (QED) is 0.334. The molecule has 0 heterocycles. The van der Waals surface area contributed by atoms with Gasteiger partial charge in [0.05, 0.1) is 0 Å². The molecular weight excluding hydrogens is 292 g/mol. The molecule has 5 atom stereocenters. The Hall–Kier alpha value is -0.590. The Labute approximate surface area is 150 Å². The molecular formula is C23H40O. The van der Waals surface area contributed by atoms with E-state index < -0.39 is 0 Å². The summed E-state index contributed by atoms with van der Waals surface area (Å²) in [6.07, 6.45) is 14.2. The monoisotopic (exact) mass is 332 g/mol. The number of rotatable bonds is 9. The average Bonchev–Trinajstić information content (AvgIpc) is 2.87. The van der Waals surface area contributed by atoms with Crippen molar-refractivity contribution in [1.29, 1.82) is 0 Å². The first kappa shape index (κ1) is 19.7. The molecule has 24 heavy (non-hydrogen) atoms. The SMILES string of the molecule is C=CCCC[C@@H]1CC[C@]2(C)[C@@H]([C@H](C)CCCC(C)C)CC[C@H]2C1=O. The van der Waals surface area contributed by atoms with Crippen LogP contribution in [0.2, 0.25) is 0 Å². The van der Waals surface area contributed by atoms with E-state index in [0.29, 0.717) is 23.0 Å². The van der Waals surface area contributed by atoms with Crippen LogP contribution >= 0.6 is 0 Å².